The molecule has 0 atom stereocenters. The lowest BCUT2D eigenvalue weighted by atomic mass is 10.2. The van der Waals surface area contributed by atoms with Crippen molar-refractivity contribution >= 4 is 39.8 Å². The van der Waals surface area contributed by atoms with E-state index in [9.17, 15) is 9.18 Å². The molecule has 0 spiro atoms. The van der Waals surface area contributed by atoms with E-state index in [4.69, 9.17) is 0 Å². The van der Waals surface area contributed by atoms with Gasteiger partial charge in [-0.3, -0.25) is 10.1 Å². The topological polar surface area (TPSA) is 42.0 Å². The van der Waals surface area contributed by atoms with Crippen LogP contribution in [0.5, 0.6) is 0 Å². The Balaban J connectivity index is 1.63. The molecule has 0 radical (unpaired) electrons. The van der Waals surface area contributed by atoms with Crippen molar-refractivity contribution in [1.29, 1.82) is 0 Å². The number of amides is 1. The quantitative estimate of drug-likeness (QED) is 0.707. The third-order valence-electron chi connectivity index (χ3n) is 2.81. The average Bonchev–Trinajstić information content (AvgIpc) is 3.17. The number of carbonyl (C=O) groups is 1. The maximum atomic E-state index is 12.8. The van der Waals surface area contributed by atoms with Crippen LogP contribution in [0.15, 0.2) is 53.2 Å². The molecule has 3 aromatic rings. The van der Waals surface area contributed by atoms with Crippen LogP contribution in [0.25, 0.3) is 16.6 Å². The van der Waals surface area contributed by atoms with Crippen molar-refractivity contribution < 1.29 is 9.18 Å². The van der Waals surface area contributed by atoms with E-state index >= 15 is 0 Å². The molecule has 0 fully saturated rings. The Hall–Kier alpha value is -2.31. The van der Waals surface area contributed by atoms with Gasteiger partial charge in [-0.15, -0.1) is 22.7 Å². The van der Waals surface area contributed by atoms with E-state index in [0.29, 0.717) is 5.13 Å². The number of aromatic nitrogens is 1. The molecule has 0 unspecified atom stereocenters. The molecule has 0 aliphatic carbocycles. The summed E-state index contributed by atoms with van der Waals surface area (Å²) in [5.41, 5.74) is 1.62. The Morgan fingerprint density at radius 3 is 2.73 bits per heavy atom. The molecule has 6 heteroatoms. The number of anilines is 1. The lowest BCUT2D eigenvalue weighted by molar-refractivity contribution is -0.111. The number of hydrogen-bond acceptors (Lipinski definition) is 4. The maximum absolute atomic E-state index is 12.8. The number of nitrogens with one attached hydrogen (secondary N) is 1. The summed E-state index contributed by atoms with van der Waals surface area (Å²) in [7, 11) is 0. The highest BCUT2D eigenvalue weighted by atomic mass is 32.1. The van der Waals surface area contributed by atoms with Gasteiger partial charge in [0.1, 0.15) is 5.82 Å². The van der Waals surface area contributed by atoms with Crippen LogP contribution in [0.4, 0.5) is 9.52 Å². The fourth-order valence-electron chi connectivity index (χ4n) is 1.76. The highest BCUT2D eigenvalue weighted by Crippen LogP contribution is 2.28. The second-order valence-electron chi connectivity index (χ2n) is 4.39. The molecular formula is C16H11FN2OS2. The van der Waals surface area contributed by atoms with Crippen molar-refractivity contribution in [2.75, 3.05) is 5.32 Å². The van der Waals surface area contributed by atoms with Gasteiger partial charge in [-0.2, -0.15) is 0 Å². The Morgan fingerprint density at radius 1 is 1.18 bits per heavy atom. The second kappa shape index (κ2) is 6.64. The SMILES string of the molecule is O=C(C=Cc1ccc(F)cc1)Nc1nc(-c2cccs2)cs1. The number of nitrogens with zero attached hydrogens (tertiary/aromatic N) is 1. The third kappa shape index (κ3) is 3.66. The molecule has 1 amide bonds. The largest absolute Gasteiger partial charge is 0.298 e. The highest BCUT2D eigenvalue weighted by molar-refractivity contribution is 7.16. The van der Waals surface area contributed by atoms with Crippen LogP contribution >= 0.6 is 22.7 Å². The summed E-state index contributed by atoms with van der Waals surface area (Å²) >= 11 is 2.98. The summed E-state index contributed by atoms with van der Waals surface area (Å²) in [4.78, 5) is 17.3. The van der Waals surface area contributed by atoms with Crippen LogP contribution in [0.1, 0.15) is 5.56 Å². The van der Waals surface area contributed by atoms with Crippen LogP contribution in [0.2, 0.25) is 0 Å². The number of thiazole rings is 1. The molecule has 22 heavy (non-hydrogen) atoms. The van der Waals surface area contributed by atoms with Gasteiger partial charge >= 0.3 is 0 Å². The second-order valence-corrected chi connectivity index (χ2v) is 6.20. The van der Waals surface area contributed by atoms with Crippen molar-refractivity contribution in [2.24, 2.45) is 0 Å². The molecule has 0 saturated heterocycles. The predicted molar refractivity (Wildman–Crippen MR) is 89.5 cm³/mol. The smallest absolute Gasteiger partial charge is 0.250 e. The first-order valence-corrected chi connectivity index (χ1v) is 8.21. The molecular weight excluding hydrogens is 319 g/mol. The first-order chi connectivity index (χ1) is 10.7. The fourth-order valence-corrected chi connectivity index (χ4v) is 3.24. The van der Waals surface area contributed by atoms with E-state index in [1.54, 1.807) is 29.5 Å². The number of carbonyl (C=O) groups excluding carboxylic acids is 1. The minimum absolute atomic E-state index is 0.267. The molecule has 3 nitrogen and oxygen atoms in total. The van der Waals surface area contributed by atoms with Crippen LogP contribution < -0.4 is 5.32 Å². The molecule has 3 rings (SSSR count). The first kappa shape index (κ1) is 14.6. The Kier molecular flexibility index (Phi) is 4.41. The fraction of sp³-hybridized carbons (Fsp3) is 0. The van der Waals surface area contributed by atoms with Gasteiger partial charge in [0.2, 0.25) is 5.91 Å². The number of hydrogen-bond donors (Lipinski definition) is 1. The zero-order valence-corrected chi connectivity index (χ0v) is 13.0. The van der Waals surface area contributed by atoms with Crippen molar-refractivity contribution in [3.8, 4) is 10.6 Å². The number of rotatable bonds is 4. The molecule has 1 aromatic carbocycles. The van der Waals surface area contributed by atoms with Gasteiger partial charge in [-0.05, 0) is 35.2 Å². The molecule has 0 aliphatic heterocycles. The Morgan fingerprint density at radius 2 is 2.00 bits per heavy atom. The van der Waals surface area contributed by atoms with Crippen LogP contribution in [0, 0.1) is 5.82 Å². The van der Waals surface area contributed by atoms with Crippen molar-refractivity contribution in [3.63, 3.8) is 0 Å². The van der Waals surface area contributed by atoms with E-state index < -0.39 is 0 Å². The standard InChI is InChI=1S/C16H11FN2OS2/c17-12-6-3-11(4-7-12)5-8-15(20)19-16-18-13(10-22-16)14-2-1-9-21-14/h1-10H,(H,18,19,20). The summed E-state index contributed by atoms with van der Waals surface area (Å²) in [6.07, 6.45) is 3.03. The zero-order valence-electron chi connectivity index (χ0n) is 11.3. The van der Waals surface area contributed by atoms with E-state index in [1.807, 2.05) is 22.9 Å². The van der Waals surface area contributed by atoms with Crippen LogP contribution in [0.3, 0.4) is 0 Å². The monoisotopic (exact) mass is 330 g/mol. The molecule has 110 valence electrons. The molecule has 1 N–H and O–H groups in total. The predicted octanol–water partition coefficient (Wildman–Crippen LogP) is 4.66. The molecule has 0 bridgehead atoms. The third-order valence-corrected chi connectivity index (χ3v) is 4.46. The van der Waals surface area contributed by atoms with Gasteiger partial charge in [0, 0.05) is 11.5 Å². The van der Waals surface area contributed by atoms with Crippen molar-refractivity contribution in [2.45, 2.75) is 0 Å². The summed E-state index contributed by atoms with van der Waals surface area (Å²) in [5.74, 6) is -0.568. The van der Waals surface area contributed by atoms with E-state index in [1.165, 1.54) is 29.5 Å². The average molecular weight is 330 g/mol. The van der Waals surface area contributed by atoms with Gasteiger partial charge < -0.3 is 0 Å². The molecule has 2 aromatic heterocycles. The van der Waals surface area contributed by atoms with Gasteiger partial charge in [0.15, 0.2) is 5.13 Å². The van der Waals surface area contributed by atoms with Crippen molar-refractivity contribution in [3.05, 3.63) is 64.6 Å². The zero-order chi connectivity index (χ0) is 15.4. The summed E-state index contributed by atoms with van der Waals surface area (Å²) in [6, 6.07) is 9.87. The number of thiophene rings is 1. The van der Waals surface area contributed by atoms with E-state index in [2.05, 4.69) is 10.3 Å². The van der Waals surface area contributed by atoms with Gasteiger partial charge in [0.25, 0.3) is 0 Å². The van der Waals surface area contributed by atoms with Gasteiger partial charge in [0.05, 0.1) is 10.6 Å². The minimum atomic E-state index is -0.300. The summed E-state index contributed by atoms with van der Waals surface area (Å²) in [6.45, 7) is 0. The molecule has 0 aliphatic rings. The van der Waals surface area contributed by atoms with Gasteiger partial charge in [-0.25, -0.2) is 9.37 Å². The van der Waals surface area contributed by atoms with Crippen LogP contribution in [-0.4, -0.2) is 10.9 Å². The van der Waals surface area contributed by atoms with E-state index in [-0.39, 0.29) is 11.7 Å². The van der Waals surface area contributed by atoms with Gasteiger partial charge in [-0.1, -0.05) is 18.2 Å². The normalized spacial score (nSPS) is 11.0. The minimum Gasteiger partial charge on any atom is -0.298 e. The maximum Gasteiger partial charge on any atom is 0.250 e. The Labute approximate surface area is 134 Å². The van der Waals surface area contributed by atoms with Crippen molar-refractivity contribution in [1.82, 2.24) is 4.98 Å². The molecule has 2 heterocycles. The van der Waals surface area contributed by atoms with Crippen LogP contribution in [-0.2, 0) is 4.79 Å². The molecule has 0 saturated carbocycles. The highest BCUT2D eigenvalue weighted by Gasteiger charge is 2.06. The first-order valence-electron chi connectivity index (χ1n) is 6.45. The van der Waals surface area contributed by atoms with E-state index in [0.717, 1.165) is 16.1 Å². The summed E-state index contributed by atoms with van der Waals surface area (Å²) < 4.78 is 12.8. The number of benzene rings is 1. The lowest BCUT2D eigenvalue weighted by Gasteiger charge is -1.96. The Bertz CT molecular complexity index is 792. The summed E-state index contributed by atoms with van der Waals surface area (Å²) in [5, 5.41) is 7.16. The number of halogens is 1. The lowest BCUT2D eigenvalue weighted by Crippen LogP contribution is -2.07.